The van der Waals surface area contributed by atoms with Crippen molar-refractivity contribution < 1.29 is 0 Å². The Morgan fingerprint density at radius 1 is 1.53 bits per heavy atom. The summed E-state index contributed by atoms with van der Waals surface area (Å²) in [5.41, 5.74) is 9.27. The van der Waals surface area contributed by atoms with Gasteiger partial charge in [-0.2, -0.15) is 0 Å². The van der Waals surface area contributed by atoms with Crippen molar-refractivity contribution in [2.75, 3.05) is 18.4 Å². The van der Waals surface area contributed by atoms with Gasteiger partial charge in [0.1, 0.15) is 0 Å². The zero-order chi connectivity index (χ0) is 12.1. The number of alkyl halides is 1. The van der Waals surface area contributed by atoms with Gasteiger partial charge in [0.2, 0.25) is 0 Å². The zero-order valence-electron chi connectivity index (χ0n) is 9.75. The van der Waals surface area contributed by atoms with Gasteiger partial charge in [-0.15, -0.1) is 0 Å². The highest BCUT2D eigenvalue weighted by Gasteiger charge is 2.15. The first-order valence-electron chi connectivity index (χ1n) is 5.88. The van der Waals surface area contributed by atoms with Gasteiger partial charge in [-0.1, -0.05) is 34.7 Å². The Morgan fingerprint density at radius 3 is 3.06 bits per heavy atom. The van der Waals surface area contributed by atoms with Gasteiger partial charge in [0.05, 0.1) is 0 Å². The maximum Gasteiger partial charge on any atom is 0.0420 e. The van der Waals surface area contributed by atoms with Crippen LogP contribution >= 0.6 is 22.6 Å². The molecule has 1 saturated heterocycles. The molecule has 0 aromatic heterocycles. The number of nitrogens with two attached hydrogens (primary N) is 1. The molecule has 2 rings (SSSR count). The van der Waals surface area contributed by atoms with E-state index in [9.17, 15) is 0 Å². The van der Waals surface area contributed by atoms with E-state index in [2.05, 4.69) is 51.4 Å². The molecule has 0 spiro atoms. The maximum atomic E-state index is 5.54. The van der Waals surface area contributed by atoms with Gasteiger partial charge >= 0.3 is 0 Å². The second-order valence-corrected chi connectivity index (χ2v) is 4.97. The van der Waals surface area contributed by atoms with Crippen LogP contribution in [0.25, 0.3) is 6.08 Å². The minimum absolute atomic E-state index is 0.532. The van der Waals surface area contributed by atoms with Gasteiger partial charge < -0.3 is 16.4 Å². The minimum atomic E-state index is 0.532. The lowest BCUT2D eigenvalue weighted by atomic mass is 10.1. The van der Waals surface area contributed by atoms with Crippen molar-refractivity contribution >= 4 is 34.4 Å². The molecule has 17 heavy (non-hydrogen) atoms. The fourth-order valence-electron chi connectivity index (χ4n) is 2.15. The minimum Gasteiger partial charge on any atom is -0.405 e. The third-order valence-corrected chi connectivity index (χ3v) is 3.85. The van der Waals surface area contributed by atoms with Crippen LogP contribution in [0, 0.1) is 0 Å². The van der Waals surface area contributed by atoms with Crippen LogP contribution in [0.2, 0.25) is 0 Å². The van der Waals surface area contributed by atoms with E-state index < -0.39 is 0 Å². The normalized spacial score (nSPS) is 19.9. The van der Waals surface area contributed by atoms with Crippen LogP contribution in [0.1, 0.15) is 17.5 Å². The number of halogens is 1. The quantitative estimate of drug-likeness (QED) is 0.581. The largest absolute Gasteiger partial charge is 0.405 e. The summed E-state index contributed by atoms with van der Waals surface area (Å²) in [5.74, 6) is 0. The van der Waals surface area contributed by atoms with Crippen LogP contribution in [0.4, 0.5) is 5.69 Å². The molecule has 1 aliphatic heterocycles. The number of rotatable bonds is 4. The van der Waals surface area contributed by atoms with Crippen LogP contribution in [-0.4, -0.2) is 19.1 Å². The van der Waals surface area contributed by atoms with Crippen LogP contribution in [0.5, 0.6) is 0 Å². The fraction of sp³-hybridized carbons (Fsp3) is 0.385. The summed E-state index contributed by atoms with van der Waals surface area (Å²) < 4.78 is 0.996. The SMILES string of the molecule is N/C=C\c1c(CI)cccc1NC1CCNC1. The Hall–Kier alpha value is -0.750. The lowest BCUT2D eigenvalue weighted by Gasteiger charge is -2.17. The molecule has 0 aliphatic carbocycles. The third-order valence-electron chi connectivity index (χ3n) is 3.02. The molecule has 92 valence electrons. The molecule has 0 saturated carbocycles. The Morgan fingerprint density at radius 2 is 2.41 bits per heavy atom. The molecule has 0 amide bonds. The van der Waals surface area contributed by atoms with Gasteiger partial charge in [0.25, 0.3) is 0 Å². The highest BCUT2D eigenvalue weighted by atomic mass is 127. The summed E-state index contributed by atoms with van der Waals surface area (Å²) in [7, 11) is 0. The molecule has 1 aromatic carbocycles. The third kappa shape index (κ3) is 3.13. The van der Waals surface area contributed by atoms with Crippen molar-refractivity contribution in [3.63, 3.8) is 0 Å². The van der Waals surface area contributed by atoms with Gasteiger partial charge in [0, 0.05) is 28.3 Å². The first-order valence-corrected chi connectivity index (χ1v) is 7.41. The van der Waals surface area contributed by atoms with Gasteiger partial charge in [-0.25, -0.2) is 0 Å². The Bertz CT molecular complexity index is 398. The van der Waals surface area contributed by atoms with Crippen LogP contribution in [-0.2, 0) is 4.43 Å². The van der Waals surface area contributed by atoms with E-state index in [4.69, 9.17) is 5.73 Å². The molecule has 0 radical (unpaired) electrons. The fourth-order valence-corrected chi connectivity index (χ4v) is 2.81. The van der Waals surface area contributed by atoms with E-state index in [1.54, 1.807) is 6.20 Å². The highest BCUT2D eigenvalue weighted by Crippen LogP contribution is 2.25. The lowest BCUT2D eigenvalue weighted by Crippen LogP contribution is -2.22. The lowest BCUT2D eigenvalue weighted by molar-refractivity contribution is 0.793. The van der Waals surface area contributed by atoms with Crippen molar-refractivity contribution in [1.82, 2.24) is 5.32 Å². The van der Waals surface area contributed by atoms with Crippen LogP contribution in [0.15, 0.2) is 24.4 Å². The molecule has 4 heteroatoms. The summed E-state index contributed by atoms with van der Waals surface area (Å²) in [6.07, 6.45) is 4.78. The van der Waals surface area contributed by atoms with E-state index in [1.165, 1.54) is 23.2 Å². The summed E-state index contributed by atoms with van der Waals surface area (Å²) in [6, 6.07) is 6.92. The van der Waals surface area contributed by atoms with Gasteiger partial charge in [0.15, 0.2) is 0 Å². The average Bonchev–Trinajstić information content (AvgIpc) is 2.84. The number of benzene rings is 1. The predicted molar refractivity (Wildman–Crippen MR) is 82.3 cm³/mol. The monoisotopic (exact) mass is 343 g/mol. The molecule has 1 fully saturated rings. The molecule has 4 N–H and O–H groups in total. The van der Waals surface area contributed by atoms with E-state index in [0.29, 0.717) is 6.04 Å². The summed E-state index contributed by atoms with van der Waals surface area (Å²) in [5, 5.41) is 6.96. The summed E-state index contributed by atoms with van der Waals surface area (Å²) >= 11 is 2.39. The van der Waals surface area contributed by atoms with Crippen molar-refractivity contribution in [3.05, 3.63) is 35.5 Å². The summed E-state index contributed by atoms with van der Waals surface area (Å²) in [6.45, 7) is 2.14. The van der Waals surface area contributed by atoms with E-state index in [1.807, 2.05) is 6.08 Å². The van der Waals surface area contributed by atoms with Crippen molar-refractivity contribution in [2.45, 2.75) is 16.9 Å². The van der Waals surface area contributed by atoms with E-state index >= 15 is 0 Å². The molecule has 0 bridgehead atoms. The van der Waals surface area contributed by atoms with Gasteiger partial charge in [-0.3, -0.25) is 0 Å². The average molecular weight is 343 g/mol. The Balaban J connectivity index is 2.24. The molecular weight excluding hydrogens is 325 g/mol. The van der Waals surface area contributed by atoms with E-state index in [0.717, 1.165) is 17.5 Å². The maximum absolute atomic E-state index is 5.54. The highest BCUT2D eigenvalue weighted by molar-refractivity contribution is 14.1. The number of anilines is 1. The molecule has 1 unspecified atom stereocenters. The second kappa shape index (κ2) is 6.26. The molecule has 1 aliphatic rings. The van der Waals surface area contributed by atoms with E-state index in [-0.39, 0.29) is 0 Å². The number of hydrogen-bond donors (Lipinski definition) is 3. The molecule has 1 aromatic rings. The predicted octanol–water partition coefficient (Wildman–Crippen LogP) is 2.32. The Labute approximate surface area is 116 Å². The first-order chi connectivity index (χ1) is 8.35. The molecule has 3 nitrogen and oxygen atoms in total. The smallest absolute Gasteiger partial charge is 0.0420 e. The molecule has 1 heterocycles. The molecule has 1 atom stereocenters. The Kier molecular flexibility index (Phi) is 4.67. The summed E-state index contributed by atoms with van der Waals surface area (Å²) in [4.78, 5) is 0. The van der Waals surface area contributed by atoms with Crippen molar-refractivity contribution in [2.24, 2.45) is 5.73 Å². The van der Waals surface area contributed by atoms with Crippen molar-refractivity contribution in [3.8, 4) is 0 Å². The molecular formula is C13H18IN3. The zero-order valence-corrected chi connectivity index (χ0v) is 11.9. The number of hydrogen-bond acceptors (Lipinski definition) is 3. The van der Waals surface area contributed by atoms with Crippen molar-refractivity contribution in [1.29, 1.82) is 0 Å². The number of nitrogens with one attached hydrogen (secondary N) is 2. The first kappa shape index (κ1) is 12.7. The van der Waals surface area contributed by atoms with Crippen LogP contribution < -0.4 is 16.4 Å². The standard InChI is InChI=1S/C13H18IN3/c14-8-10-2-1-3-13(12(10)4-6-15)17-11-5-7-16-9-11/h1-4,6,11,16-17H,5,7-9,15H2/b6-4-. The van der Waals surface area contributed by atoms with Gasteiger partial charge in [-0.05, 0) is 36.9 Å². The second-order valence-electron chi connectivity index (χ2n) is 4.21. The van der Waals surface area contributed by atoms with Crippen LogP contribution in [0.3, 0.4) is 0 Å². The topological polar surface area (TPSA) is 50.1 Å².